The molecule has 0 spiro atoms. The van der Waals surface area contributed by atoms with Gasteiger partial charge in [0.15, 0.2) is 0 Å². The van der Waals surface area contributed by atoms with Gasteiger partial charge in [0.25, 0.3) is 0 Å². The van der Waals surface area contributed by atoms with Crippen molar-refractivity contribution in [1.29, 1.82) is 0 Å². The van der Waals surface area contributed by atoms with Crippen molar-refractivity contribution in [2.45, 2.75) is 19.8 Å². The van der Waals surface area contributed by atoms with Crippen molar-refractivity contribution in [3.05, 3.63) is 48.3 Å². The maximum Gasteiger partial charge on any atom is 0.224 e. The maximum absolute atomic E-state index is 11.9. The third-order valence-corrected chi connectivity index (χ3v) is 4.11. The van der Waals surface area contributed by atoms with Crippen LogP contribution in [0.3, 0.4) is 0 Å². The maximum atomic E-state index is 11.9. The Balaban J connectivity index is 1.90. The van der Waals surface area contributed by atoms with E-state index < -0.39 is 0 Å². The zero-order valence-electron chi connectivity index (χ0n) is 14.5. The highest BCUT2D eigenvalue weighted by molar-refractivity contribution is 5.90. The number of aryl methyl sites for hydroxylation is 1. The van der Waals surface area contributed by atoms with E-state index in [0.29, 0.717) is 19.4 Å². The molecule has 3 aromatic rings. The number of methoxy groups -OCH3 is 1. The van der Waals surface area contributed by atoms with Crippen molar-refractivity contribution < 1.29 is 9.53 Å². The minimum atomic E-state index is -0.0297. The highest BCUT2D eigenvalue weighted by Crippen LogP contribution is 2.26. The van der Waals surface area contributed by atoms with Crippen LogP contribution in [0.15, 0.2) is 42.6 Å². The zero-order valence-corrected chi connectivity index (χ0v) is 14.5. The van der Waals surface area contributed by atoms with Crippen LogP contribution in [0.25, 0.3) is 16.9 Å². The van der Waals surface area contributed by atoms with Crippen LogP contribution >= 0.6 is 0 Å². The minimum Gasteiger partial charge on any atom is -0.497 e. The molecule has 3 N–H and O–H groups in total. The highest BCUT2D eigenvalue weighted by atomic mass is 16.5. The number of hydrogen-bond acceptors (Lipinski definition) is 4. The summed E-state index contributed by atoms with van der Waals surface area (Å²) >= 11 is 0. The molecule has 0 unspecified atom stereocenters. The summed E-state index contributed by atoms with van der Waals surface area (Å²) in [6, 6.07) is 11.6. The molecule has 25 heavy (non-hydrogen) atoms. The summed E-state index contributed by atoms with van der Waals surface area (Å²) in [5.41, 5.74) is 9.97. The van der Waals surface area contributed by atoms with Crippen molar-refractivity contribution in [2.24, 2.45) is 5.73 Å². The lowest BCUT2D eigenvalue weighted by atomic mass is 10.1. The summed E-state index contributed by atoms with van der Waals surface area (Å²) in [5, 5.41) is 2.90. The quantitative estimate of drug-likeness (QED) is 0.724. The lowest BCUT2D eigenvalue weighted by molar-refractivity contribution is -0.116. The average molecular weight is 338 g/mol. The van der Waals surface area contributed by atoms with Gasteiger partial charge in [-0.3, -0.25) is 4.79 Å². The van der Waals surface area contributed by atoms with Gasteiger partial charge in [-0.25, -0.2) is 4.98 Å². The first-order chi connectivity index (χ1) is 12.1. The van der Waals surface area contributed by atoms with Crippen LogP contribution in [0.2, 0.25) is 0 Å². The normalized spacial score (nSPS) is 10.8. The number of amides is 1. The fourth-order valence-electron chi connectivity index (χ4n) is 2.74. The molecule has 130 valence electrons. The Labute approximate surface area is 146 Å². The molecule has 2 heterocycles. The van der Waals surface area contributed by atoms with E-state index >= 15 is 0 Å². The Morgan fingerprint density at radius 3 is 2.68 bits per heavy atom. The molecule has 0 saturated heterocycles. The van der Waals surface area contributed by atoms with E-state index in [-0.39, 0.29) is 5.91 Å². The van der Waals surface area contributed by atoms with Crippen LogP contribution in [0.5, 0.6) is 5.75 Å². The van der Waals surface area contributed by atoms with E-state index in [1.54, 1.807) is 7.11 Å². The first-order valence-corrected chi connectivity index (χ1v) is 8.25. The number of imidazole rings is 1. The van der Waals surface area contributed by atoms with Crippen molar-refractivity contribution >= 4 is 17.2 Å². The molecule has 3 rings (SSSR count). The van der Waals surface area contributed by atoms with Gasteiger partial charge in [-0.1, -0.05) is 0 Å². The Hall–Kier alpha value is -2.86. The van der Waals surface area contributed by atoms with Gasteiger partial charge in [0.05, 0.1) is 18.5 Å². The molecule has 1 amide bonds. The van der Waals surface area contributed by atoms with E-state index in [4.69, 9.17) is 15.5 Å². The second-order valence-electron chi connectivity index (χ2n) is 5.86. The second-order valence-corrected chi connectivity index (χ2v) is 5.86. The van der Waals surface area contributed by atoms with Gasteiger partial charge in [-0.05, 0) is 56.3 Å². The van der Waals surface area contributed by atoms with Gasteiger partial charge >= 0.3 is 0 Å². The molecule has 0 aliphatic carbocycles. The third-order valence-electron chi connectivity index (χ3n) is 4.11. The van der Waals surface area contributed by atoms with E-state index in [1.807, 2.05) is 53.9 Å². The number of carbonyl (C=O) groups is 1. The topological polar surface area (TPSA) is 81.6 Å². The lowest BCUT2D eigenvalue weighted by Crippen LogP contribution is -2.13. The SMILES string of the molecule is COc1ccc(-c2nc3ccc(NC(=O)CCCN)cn3c2C)cc1. The number of pyridine rings is 1. The largest absolute Gasteiger partial charge is 0.497 e. The van der Waals surface area contributed by atoms with Gasteiger partial charge in [-0.15, -0.1) is 0 Å². The molecular weight excluding hydrogens is 316 g/mol. The van der Waals surface area contributed by atoms with Crippen LogP contribution in [-0.2, 0) is 4.79 Å². The number of fused-ring (bicyclic) bond motifs is 1. The molecule has 0 fully saturated rings. The number of benzene rings is 1. The van der Waals surface area contributed by atoms with Gasteiger partial charge in [0, 0.05) is 23.9 Å². The number of carbonyl (C=O) groups excluding carboxylic acids is 1. The lowest BCUT2D eigenvalue weighted by Gasteiger charge is -2.06. The molecule has 6 nitrogen and oxygen atoms in total. The first kappa shape index (κ1) is 17.0. The van der Waals surface area contributed by atoms with Crippen LogP contribution in [0, 0.1) is 6.92 Å². The van der Waals surface area contributed by atoms with Crippen molar-refractivity contribution in [2.75, 3.05) is 19.0 Å². The predicted octanol–water partition coefficient (Wildman–Crippen LogP) is 3.00. The average Bonchev–Trinajstić information content (AvgIpc) is 2.96. The van der Waals surface area contributed by atoms with Crippen molar-refractivity contribution in [1.82, 2.24) is 9.38 Å². The van der Waals surface area contributed by atoms with E-state index in [2.05, 4.69) is 5.32 Å². The number of ether oxygens (including phenoxy) is 1. The fourth-order valence-corrected chi connectivity index (χ4v) is 2.74. The molecule has 0 aliphatic heterocycles. The summed E-state index contributed by atoms with van der Waals surface area (Å²) in [4.78, 5) is 16.6. The second kappa shape index (κ2) is 7.36. The van der Waals surface area contributed by atoms with Gasteiger partial charge in [-0.2, -0.15) is 0 Å². The summed E-state index contributed by atoms with van der Waals surface area (Å²) in [7, 11) is 1.65. The summed E-state index contributed by atoms with van der Waals surface area (Å²) in [6.07, 6.45) is 3.00. The van der Waals surface area contributed by atoms with Crippen LogP contribution in [0.1, 0.15) is 18.5 Å². The first-order valence-electron chi connectivity index (χ1n) is 8.25. The fraction of sp³-hybridized carbons (Fsp3) is 0.263. The molecule has 1 aromatic carbocycles. The van der Waals surface area contributed by atoms with E-state index in [9.17, 15) is 4.79 Å². The number of anilines is 1. The molecule has 0 atom stereocenters. The molecule has 6 heteroatoms. The van der Waals surface area contributed by atoms with Crippen LogP contribution in [0.4, 0.5) is 5.69 Å². The Bertz CT molecular complexity index is 884. The van der Waals surface area contributed by atoms with Crippen LogP contribution in [-0.4, -0.2) is 28.9 Å². The summed E-state index contributed by atoms with van der Waals surface area (Å²) in [6.45, 7) is 2.53. The smallest absolute Gasteiger partial charge is 0.224 e. The van der Waals surface area contributed by atoms with Gasteiger partial charge < -0.3 is 20.2 Å². The van der Waals surface area contributed by atoms with Gasteiger partial charge in [0.1, 0.15) is 11.4 Å². The van der Waals surface area contributed by atoms with E-state index in [1.165, 1.54) is 0 Å². The summed E-state index contributed by atoms with van der Waals surface area (Å²) < 4.78 is 7.19. The Morgan fingerprint density at radius 2 is 2.00 bits per heavy atom. The molecule has 0 aliphatic rings. The third kappa shape index (κ3) is 3.64. The monoisotopic (exact) mass is 338 g/mol. The molecule has 2 aromatic heterocycles. The standard InChI is InChI=1S/C19H22N4O2/c1-13-19(14-5-8-16(25-2)9-6-14)22-17-10-7-15(12-23(13)17)21-18(24)4-3-11-20/h5-10,12H,3-4,11,20H2,1-2H3,(H,21,24). The van der Waals surface area contributed by atoms with E-state index in [0.717, 1.165) is 34.0 Å². The number of hydrogen-bond donors (Lipinski definition) is 2. The number of nitrogens with two attached hydrogens (primary N) is 1. The van der Waals surface area contributed by atoms with Crippen molar-refractivity contribution in [3.63, 3.8) is 0 Å². The Morgan fingerprint density at radius 1 is 1.24 bits per heavy atom. The molecule has 0 saturated carbocycles. The van der Waals surface area contributed by atoms with Gasteiger partial charge in [0.2, 0.25) is 5.91 Å². The zero-order chi connectivity index (χ0) is 17.8. The number of aromatic nitrogens is 2. The molecule has 0 radical (unpaired) electrons. The molecular formula is C19H22N4O2. The predicted molar refractivity (Wildman–Crippen MR) is 98.8 cm³/mol. The molecule has 0 bridgehead atoms. The minimum absolute atomic E-state index is 0.0297. The Kier molecular flexibility index (Phi) is 5.00. The highest BCUT2D eigenvalue weighted by Gasteiger charge is 2.11. The number of rotatable bonds is 6. The van der Waals surface area contributed by atoms with Crippen LogP contribution < -0.4 is 15.8 Å². The van der Waals surface area contributed by atoms with Crippen molar-refractivity contribution in [3.8, 4) is 17.0 Å². The summed E-state index contributed by atoms with van der Waals surface area (Å²) in [5.74, 6) is 0.783. The number of nitrogens with one attached hydrogen (secondary N) is 1. The number of nitrogens with zero attached hydrogens (tertiary/aromatic N) is 2.